The van der Waals surface area contributed by atoms with Gasteiger partial charge < -0.3 is 14.6 Å². The average molecular weight is 213 g/mol. The third-order valence-electron chi connectivity index (χ3n) is 2.23. The van der Waals surface area contributed by atoms with Crippen LogP contribution >= 0.6 is 0 Å². The van der Waals surface area contributed by atoms with Crippen LogP contribution in [0.5, 0.6) is 0 Å². The summed E-state index contributed by atoms with van der Waals surface area (Å²) in [6.07, 6.45) is 2.51. The smallest absolute Gasteiger partial charge is 0.228 e. The van der Waals surface area contributed by atoms with Crippen LogP contribution in [-0.4, -0.2) is 36.9 Å². The van der Waals surface area contributed by atoms with E-state index in [4.69, 9.17) is 9.26 Å². The highest BCUT2D eigenvalue weighted by atomic mass is 16.5. The van der Waals surface area contributed by atoms with E-state index in [9.17, 15) is 0 Å². The van der Waals surface area contributed by atoms with Crippen molar-refractivity contribution >= 4 is 0 Å². The lowest BCUT2D eigenvalue weighted by Gasteiger charge is -2.04. The van der Waals surface area contributed by atoms with Crippen molar-refractivity contribution in [1.82, 2.24) is 15.5 Å². The van der Waals surface area contributed by atoms with E-state index in [0.29, 0.717) is 11.9 Å². The number of aromatic nitrogens is 2. The van der Waals surface area contributed by atoms with Crippen LogP contribution in [0.1, 0.15) is 25.1 Å². The Balaban J connectivity index is 2.35. The Bertz CT molecular complexity index is 275. The zero-order chi connectivity index (χ0) is 11.1. The number of nitrogens with zero attached hydrogens (tertiary/aromatic N) is 2. The molecule has 15 heavy (non-hydrogen) atoms. The summed E-state index contributed by atoms with van der Waals surface area (Å²) >= 11 is 0. The molecule has 1 aromatic rings. The summed E-state index contributed by atoms with van der Waals surface area (Å²) < 4.78 is 10.1. The molecular weight excluding hydrogens is 194 g/mol. The molecule has 0 saturated heterocycles. The highest BCUT2D eigenvalue weighted by Gasteiger charge is 2.08. The van der Waals surface area contributed by atoms with Crippen molar-refractivity contribution in [3.05, 3.63) is 11.7 Å². The minimum atomic E-state index is 0.359. The first-order valence-electron chi connectivity index (χ1n) is 5.24. The minimum Gasteiger partial charge on any atom is -0.385 e. The van der Waals surface area contributed by atoms with Crippen LogP contribution in [0, 0.1) is 0 Å². The Labute approximate surface area is 90.2 Å². The van der Waals surface area contributed by atoms with Gasteiger partial charge in [-0.05, 0) is 20.4 Å². The molecule has 1 rings (SSSR count). The van der Waals surface area contributed by atoms with Gasteiger partial charge in [0.25, 0.3) is 0 Å². The van der Waals surface area contributed by atoms with E-state index in [-0.39, 0.29) is 0 Å². The van der Waals surface area contributed by atoms with Crippen LogP contribution in [0.3, 0.4) is 0 Å². The van der Waals surface area contributed by atoms with E-state index in [2.05, 4.69) is 22.4 Å². The zero-order valence-electron chi connectivity index (χ0n) is 9.62. The second-order valence-corrected chi connectivity index (χ2v) is 3.59. The summed E-state index contributed by atoms with van der Waals surface area (Å²) in [6.45, 7) is 2.81. The van der Waals surface area contributed by atoms with Gasteiger partial charge in [0, 0.05) is 32.6 Å². The van der Waals surface area contributed by atoms with Gasteiger partial charge in [-0.2, -0.15) is 4.98 Å². The summed E-state index contributed by atoms with van der Waals surface area (Å²) in [6, 6.07) is 0.359. The molecule has 0 spiro atoms. The molecule has 0 aliphatic carbocycles. The largest absolute Gasteiger partial charge is 0.385 e. The van der Waals surface area contributed by atoms with Gasteiger partial charge in [0.2, 0.25) is 5.89 Å². The predicted molar refractivity (Wildman–Crippen MR) is 56.7 cm³/mol. The standard InChI is InChI=1S/C10H19N3O2/c1-8(11-2)7-10-12-9(13-15-10)5-4-6-14-3/h8,11H,4-7H2,1-3H3. The number of hydrogen-bond donors (Lipinski definition) is 1. The molecule has 5 nitrogen and oxygen atoms in total. The van der Waals surface area contributed by atoms with Crippen molar-refractivity contribution in [2.45, 2.75) is 32.2 Å². The van der Waals surface area contributed by atoms with Gasteiger partial charge in [-0.1, -0.05) is 5.16 Å². The normalized spacial score (nSPS) is 13.0. The highest BCUT2D eigenvalue weighted by molar-refractivity contribution is 4.88. The number of hydrogen-bond acceptors (Lipinski definition) is 5. The maximum absolute atomic E-state index is 5.13. The second-order valence-electron chi connectivity index (χ2n) is 3.59. The lowest BCUT2D eigenvalue weighted by molar-refractivity contribution is 0.194. The maximum atomic E-state index is 5.13. The average Bonchev–Trinajstić information content (AvgIpc) is 2.66. The summed E-state index contributed by atoms with van der Waals surface area (Å²) in [7, 11) is 3.61. The van der Waals surface area contributed by atoms with E-state index >= 15 is 0 Å². The predicted octanol–water partition coefficient (Wildman–Crippen LogP) is 0.799. The molecule has 0 aliphatic heterocycles. The topological polar surface area (TPSA) is 60.2 Å². The fourth-order valence-electron chi connectivity index (χ4n) is 1.21. The van der Waals surface area contributed by atoms with Crippen molar-refractivity contribution < 1.29 is 9.26 Å². The monoisotopic (exact) mass is 213 g/mol. The van der Waals surface area contributed by atoms with Gasteiger partial charge in [-0.3, -0.25) is 0 Å². The molecular formula is C10H19N3O2. The molecule has 0 amide bonds. The van der Waals surface area contributed by atoms with E-state index < -0.39 is 0 Å². The molecule has 0 bridgehead atoms. The highest BCUT2D eigenvalue weighted by Crippen LogP contribution is 2.03. The Morgan fingerprint density at radius 3 is 3.00 bits per heavy atom. The summed E-state index contributed by atoms with van der Waals surface area (Å²) in [5, 5.41) is 7.03. The molecule has 0 aliphatic rings. The molecule has 0 fully saturated rings. The molecule has 86 valence electrons. The first-order valence-corrected chi connectivity index (χ1v) is 5.24. The quantitative estimate of drug-likeness (QED) is 0.679. The first kappa shape index (κ1) is 12.1. The van der Waals surface area contributed by atoms with Crippen LogP contribution in [0.25, 0.3) is 0 Å². The third-order valence-corrected chi connectivity index (χ3v) is 2.23. The van der Waals surface area contributed by atoms with Gasteiger partial charge in [-0.25, -0.2) is 0 Å². The van der Waals surface area contributed by atoms with Gasteiger partial charge in [0.05, 0.1) is 0 Å². The number of methoxy groups -OCH3 is 1. The molecule has 1 aromatic heterocycles. The molecule has 1 heterocycles. The van der Waals surface area contributed by atoms with Crippen molar-refractivity contribution in [1.29, 1.82) is 0 Å². The van der Waals surface area contributed by atoms with Crippen molar-refractivity contribution in [2.24, 2.45) is 0 Å². The van der Waals surface area contributed by atoms with Crippen molar-refractivity contribution in [2.75, 3.05) is 20.8 Å². The van der Waals surface area contributed by atoms with Crippen molar-refractivity contribution in [3.8, 4) is 0 Å². The molecule has 0 radical (unpaired) electrons. The maximum Gasteiger partial charge on any atom is 0.228 e. The Morgan fingerprint density at radius 1 is 1.53 bits per heavy atom. The number of likely N-dealkylation sites (N-methyl/N-ethyl adjacent to an activating group) is 1. The molecule has 1 atom stereocenters. The molecule has 1 N–H and O–H groups in total. The molecule has 0 aromatic carbocycles. The first-order chi connectivity index (χ1) is 7.26. The summed E-state index contributed by atoms with van der Waals surface area (Å²) in [4.78, 5) is 4.30. The van der Waals surface area contributed by atoms with E-state index in [1.807, 2.05) is 7.05 Å². The number of ether oxygens (including phenoxy) is 1. The number of nitrogens with one attached hydrogen (secondary N) is 1. The van der Waals surface area contributed by atoms with E-state index in [0.717, 1.165) is 31.7 Å². The Kier molecular flexibility index (Phi) is 5.28. The fourth-order valence-corrected chi connectivity index (χ4v) is 1.21. The summed E-state index contributed by atoms with van der Waals surface area (Å²) in [5.74, 6) is 1.47. The van der Waals surface area contributed by atoms with Gasteiger partial charge in [0.15, 0.2) is 5.82 Å². The van der Waals surface area contributed by atoms with E-state index in [1.165, 1.54) is 0 Å². The van der Waals surface area contributed by atoms with Crippen LogP contribution < -0.4 is 5.32 Å². The van der Waals surface area contributed by atoms with Gasteiger partial charge in [0.1, 0.15) is 0 Å². The lowest BCUT2D eigenvalue weighted by Crippen LogP contribution is -2.23. The number of aryl methyl sites for hydroxylation is 1. The van der Waals surface area contributed by atoms with Crippen LogP contribution in [0.4, 0.5) is 0 Å². The van der Waals surface area contributed by atoms with Crippen LogP contribution in [0.2, 0.25) is 0 Å². The zero-order valence-corrected chi connectivity index (χ0v) is 9.62. The third kappa shape index (κ3) is 4.40. The molecule has 1 unspecified atom stereocenters. The Hall–Kier alpha value is -0.940. The fraction of sp³-hybridized carbons (Fsp3) is 0.800. The number of rotatable bonds is 7. The molecule has 5 heteroatoms. The summed E-state index contributed by atoms with van der Waals surface area (Å²) in [5.41, 5.74) is 0. The van der Waals surface area contributed by atoms with Crippen LogP contribution in [0.15, 0.2) is 4.52 Å². The van der Waals surface area contributed by atoms with E-state index in [1.54, 1.807) is 7.11 Å². The Morgan fingerprint density at radius 2 is 2.33 bits per heavy atom. The minimum absolute atomic E-state index is 0.359. The van der Waals surface area contributed by atoms with Crippen LogP contribution in [-0.2, 0) is 17.6 Å². The second kappa shape index (κ2) is 6.53. The van der Waals surface area contributed by atoms with Gasteiger partial charge >= 0.3 is 0 Å². The molecule has 0 saturated carbocycles. The lowest BCUT2D eigenvalue weighted by atomic mass is 10.2. The van der Waals surface area contributed by atoms with Crippen molar-refractivity contribution in [3.63, 3.8) is 0 Å². The van der Waals surface area contributed by atoms with Gasteiger partial charge in [-0.15, -0.1) is 0 Å². The SMILES string of the molecule is CNC(C)Cc1nc(CCCOC)no1.